The van der Waals surface area contributed by atoms with Gasteiger partial charge < -0.3 is 14.2 Å². The second-order valence-electron chi connectivity index (χ2n) is 7.89. The third kappa shape index (κ3) is 6.82. The Morgan fingerprint density at radius 1 is 1.14 bits per heavy atom. The molecular formula is C25H28N2O7S. The molecule has 2 aromatic rings. The smallest absolute Gasteiger partial charge is 0.289 e. The maximum absolute atomic E-state index is 12.6. The molecule has 0 atom stereocenters. The summed E-state index contributed by atoms with van der Waals surface area (Å²) in [5.74, 6) is -0.278. The lowest BCUT2D eigenvalue weighted by Crippen LogP contribution is -2.40. The molecule has 1 amide bonds. The number of benzene rings is 2. The van der Waals surface area contributed by atoms with Crippen LogP contribution >= 0.6 is 0 Å². The number of sulfonamides is 1. The largest absolute Gasteiger partial charge is 0.497 e. The molecule has 1 heterocycles. The number of ether oxygens (including phenoxy) is 3. The molecule has 1 fully saturated rings. The molecule has 3 rings (SSSR count). The van der Waals surface area contributed by atoms with Crippen LogP contribution in [0.1, 0.15) is 31.2 Å². The first kappa shape index (κ1) is 26.2. The Kier molecular flexibility index (Phi) is 9.25. The highest BCUT2D eigenvalue weighted by Crippen LogP contribution is 2.24. The van der Waals surface area contributed by atoms with Crippen molar-refractivity contribution in [2.24, 2.45) is 5.92 Å². The third-order valence-corrected chi connectivity index (χ3v) is 7.10. The van der Waals surface area contributed by atoms with Gasteiger partial charge in [0.05, 0.1) is 30.3 Å². The molecule has 0 aliphatic carbocycles. The van der Waals surface area contributed by atoms with Gasteiger partial charge in [0.2, 0.25) is 0 Å². The first-order valence-electron chi connectivity index (χ1n) is 11.2. The third-order valence-electron chi connectivity index (χ3n) is 5.60. The minimum atomic E-state index is -4.38. The Morgan fingerprint density at radius 2 is 1.77 bits per heavy atom. The van der Waals surface area contributed by atoms with Crippen LogP contribution in [0.3, 0.4) is 0 Å². The number of hydroxylamine groups is 1. The summed E-state index contributed by atoms with van der Waals surface area (Å²) in [4.78, 5) is 12.1. The zero-order valence-electron chi connectivity index (χ0n) is 19.4. The summed E-state index contributed by atoms with van der Waals surface area (Å²) < 4.78 is 41.0. The zero-order chi connectivity index (χ0) is 25.3. The van der Waals surface area contributed by atoms with Gasteiger partial charge in [0, 0.05) is 19.1 Å². The summed E-state index contributed by atoms with van der Waals surface area (Å²) in [7, 11) is -2.80. The number of hydrogen-bond acceptors (Lipinski definition) is 8. The van der Waals surface area contributed by atoms with Crippen LogP contribution in [0.2, 0.25) is 0 Å². The number of methoxy groups -OCH3 is 1. The molecule has 0 saturated carbocycles. The van der Waals surface area contributed by atoms with Crippen molar-refractivity contribution < 1.29 is 32.6 Å². The van der Waals surface area contributed by atoms with Gasteiger partial charge in [-0.3, -0.25) is 10.0 Å². The maximum Gasteiger partial charge on any atom is 0.289 e. The van der Waals surface area contributed by atoms with Gasteiger partial charge in [-0.1, -0.05) is 6.08 Å². The molecule has 0 bridgehead atoms. The monoisotopic (exact) mass is 500 g/mol. The highest BCUT2D eigenvalue weighted by molar-refractivity contribution is 7.89. The molecule has 1 N–H and O–H groups in total. The molecule has 1 aliphatic heterocycles. The number of carbonyl (C=O) groups is 1. The van der Waals surface area contributed by atoms with E-state index in [2.05, 4.69) is 6.07 Å². The fraction of sp³-hybridized carbons (Fsp3) is 0.360. The number of hydrogen-bond donors (Lipinski definition) is 1. The zero-order valence-corrected chi connectivity index (χ0v) is 20.2. The molecule has 1 saturated heterocycles. The molecule has 0 radical (unpaired) electrons. The van der Waals surface area contributed by atoms with Crippen molar-refractivity contribution in [3.8, 4) is 17.6 Å². The molecule has 1 aliphatic rings. The second-order valence-corrected chi connectivity index (χ2v) is 9.66. The first-order chi connectivity index (χ1) is 16.9. The molecule has 0 spiro atoms. The van der Waals surface area contributed by atoms with Crippen LogP contribution in [-0.4, -0.2) is 50.9 Å². The van der Waals surface area contributed by atoms with Crippen molar-refractivity contribution in [3.05, 3.63) is 60.2 Å². The fourth-order valence-corrected chi connectivity index (χ4v) is 4.61. The summed E-state index contributed by atoms with van der Waals surface area (Å²) in [5, 5.41) is 19.5. The lowest BCUT2D eigenvalue weighted by Gasteiger charge is -2.24. The van der Waals surface area contributed by atoms with Gasteiger partial charge in [-0.25, -0.2) is 0 Å². The van der Waals surface area contributed by atoms with Crippen LogP contribution in [0.4, 0.5) is 0 Å². The Hall–Kier alpha value is -3.39. The number of carbonyl (C=O) groups excluding carboxylic acids is 1. The van der Waals surface area contributed by atoms with Crippen LogP contribution in [0.25, 0.3) is 5.57 Å². The van der Waals surface area contributed by atoms with Gasteiger partial charge in [-0.05, 0) is 79.8 Å². The van der Waals surface area contributed by atoms with Crippen LogP contribution in [0.15, 0.2) is 59.5 Å². The number of unbranched alkanes of at least 4 members (excludes halogenated alkanes) is 1. The fourth-order valence-electron chi connectivity index (χ4n) is 3.55. The summed E-state index contributed by atoms with van der Waals surface area (Å²) in [5.41, 5.74) is 1.37. The normalized spacial score (nSPS) is 14.7. The van der Waals surface area contributed by atoms with Gasteiger partial charge >= 0.3 is 0 Å². The van der Waals surface area contributed by atoms with E-state index in [1.807, 2.05) is 18.2 Å². The minimum absolute atomic E-state index is 0.166. The molecule has 35 heavy (non-hydrogen) atoms. The predicted octanol–water partition coefficient (Wildman–Crippen LogP) is 3.79. The summed E-state index contributed by atoms with van der Waals surface area (Å²) in [6.07, 6.45) is 3.83. The SMILES string of the molecule is COc1ccc(C(C#N)=CCCCOc2ccc(S(=O)(=O)N(O)C(=O)C3CCOCC3)cc2)cc1. The van der Waals surface area contributed by atoms with Crippen molar-refractivity contribution in [1.29, 1.82) is 5.26 Å². The average molecular weight is 501 g/mol. The van der Waals surface area contributed by atoms with Crippen molar-refractivity contribution in [3.63, 3.8) is 0 Å². The van der Waals surface area contributed by atoms with E-state index in [9.17, 15) is 23.7 Å². The van der Waals surface area contributed by atoms with Gasteiger partial charge in [0.25, 0.3) is 15.9 Å². The Labute approximate surface area is 205 Å². The van der Waals surface area contributed by atoms with Crippen molar-refractivity contribution >= 4 is 21.5 Å². The summed E-state index contributed by atoms with van der Waals surface area (Å²) >= 11 is 0. The van der Waals surface area contributed by atoms with Crippen molar-refractivity contribution in [2.75, 3.05) is 26.9 Å². The minimum Gasteiger partial charge on any atom is -0.497 e. The van der Waals surface area contributed by atoms with E-state index >= 15 is 0 Å². The Balaban J connectivity index is 1.51. The van der Waals surface area contributed by atoms with Crippen LogP contribution in [-0.2, 0) is 19.6 Å². The number of allylic oxidation sites excluding steroid dienone is 2. The van der Waals surface area contributed by atoms with Gasteiger partial charge in [0.1, 0.15) is 11.5 Å². The van der Waals surface area contributed by atoms with Crippen molar-refractivity contribution in [2.45, 2.75) is 30.6 Å². The van der Waals surface area contributed by atoms with Crippen LogP contribution < -0.4 is 9.47 Å². The Morgan fingerprint density at radius 3 is 2.37 bits per heavy atom. The lowest BCUT2D eigenvalue weighted by atomic mass is 10.00. The van der Waals surface area contributed by atoms with E-state index < -0.39 is 21.8 Å². The lowest BCUT2D eigenvalue weighted by molar-refractivity contribution is -0.153. The molecule has 186 valence electrons. The highest BCUT2D eigenvalue weighted by atomic mass is 32.2. The number of rotatable bonds is 10. The van der Waals surface area contributed by atoms with Crippen LogP contribution in [0.5, 0.6) is 11.5 Å². The molecule has 10 heteroatoms. The maximum atomic E-state index is 12.6. The van der Waals surface area contributed by atoms with E-state index in [1.54, 1.807) is 19.2 Å². The first-order valence-corrected chi connectivity index (χ1v) is 12.6. The van der Waals surface area contributed by atoms with Gasteiger partial charge in [-0.2, -0.15) is 13.7 Å². The topological polar surface area (TPSA) is 126 Å². The molecular weight excluding hydrogens is 472 g/mol. The summed E-state index contributed by atoms with van der Waals surface area (Å²) in [6.45, 7) is 1.06. The van der Waals surface area contributed by atoms with E-state index in [-0.39, 0.29) is 9.36 Å². The predicted molar refractivity (Wildman–Crippen MR) is 127 cm³/mol. The van der Waals surface area contributed by atoms with Crippen molar-refractivity contribution in [1.82, 2.24) is 4.47 Å². The summed E-state index contributed by atoms with van der Waals surface area (Å²) in [6, 6.07) is 14.9. The Bertz CT molecular complexity index is 1160. The molecule has 0 aromatic heterocycles. The number of nitrogens with zero attached hydrogens (tertiary/aromatic N) is 2. The quantitative estimate of drug-likeness (QED) is 0.226. The second kappa shape index (κ2) is 12.4. The molecule has 2 aromatic carbocycles. The van der Waals surface area contributed by atoms with E-state index in [0.29, 0.717) is 56.8 Å². The van der Waals surface area contributed by atoms with E-state index in [0.717, 1.165) is 11.3 Å². The van der Waals surface area contributed by atoms with E-state index in [4.69, 9.17) is 14.2 Å². The number of amides is 1. The molecule has 9 nitrogen and oxygen atoms in total. The van der Waals surface area contributed by atoms with E-state index in [1.165, 1.54) is 24.3 Å². The average Bonchev–Trinajstić information content (AvgIpc) is 2.90. The van der Waals surface area contributed by atoms with Gasteiger partial charge in [0.15, 0.2) is 0 Å². The highest BCUT2D eigenvalue weighted by Gasteiger charge is 2.34. The van der Waals surface area contributed by atoms with Gasteiger partial charge in [-0.15, -0.1) is 4.47 Å². The van der Waals surface area contributed by atoms with Crippen LogP contribution in [0, 0.1) is 17.2 Å². The molecule has 0 unspecified atom stereocenters. The number of nitriles is 1. The standard InChI is InChI=1S/C25H28N2O7S/c1-32-22-7-5-19(6-8-22)21(18-26)4-2-3-15-34-23-9-11-24(12-10-23)35(30,31)27(29)25(28)20-13-16-33-17-14-20/h4-12,20,29H,2-3,13-17H2,1H3.